The molecule has 0 bridgehead atoms. The average Bonchev–Trinajstić information content (AvgIpc) is 3.23. The van der Waals surface area contributed by atoms with E-state index in [0.717, 1.165) is 6.42 Å². The number of benzene rings is 1. The smallest absolute Gasteiger partial charge is 0.410 e. The number of rotatable bonds is 4. The lowest BCUT2D eigenvalue weighted by molar-refractivity contribution is 0.0199. The van der Waals surface area contributed by atoms with E-state index < -0.39 is 17.5 Å². The first-order valence-corrected chi connectivity index (χ1v) is 9.05. The number of nitrogens with zero attached hydrogens (tertiary/aromatic N) is 3. The molecule has 1 fully saturated rings. The Morgan fingerprint density at radius 3 is 2.89 bits per heavy atom. The van der Waals surface area contributed by atoms with Crippen molar-refractivity contribution in [1.82, 2.24) is 15.0 Å². The van der Waals surface area contributed by atoms with Crippen LogP contribution in [0.2, 0.25) is 0 Å². The monoisotopic (exact) mass is 377 g/mol. The van der Waals surface area contributed by atoms with Crippen LogP contribution in [0.1, 0.15) is 52.5 Å². The van der Waals surface area contributed by atoms with Crippen molar-refractivity contribution in [2.24, 2.45) is 0 Å². The lowest BCUT2D eigenvalue weighted by atomic mass is 10.1. The van der Waals surface area contributed by atoms with Gasteiger partial charge >= 0.3 is 6.09 Å². The Morgan fingerprint density at radius 2 is 2.19 bits per heavy atom. The Bertz CT molecular complexity index is 816. The second-order valence-corrected chi connectivity index (χ2v) is 7.34. The molecule has 2 heterocycles. The minimum Gasteiger partial charge on any atom is -0.490 e. The number of hydrogen-bond acceptors (Lipinski definition) is 6. The molecule has 1 aromatic heterocycles. The predicted octanol–water partition coefficient (Wildman–Crippen LogP) is 4.35. The molecular formula is C19H24FN3O4. The summed E-state index contributed by atoms with van der Waals surface area (Å²) in [7, 11) is 0. The van der Waals surface area contributed by atoms with Gasteiger partial charge in [0.15, 0.2) is 11.6 Å². The van der Waals surface area contributed by atoms with Gasteiger partial charge in [0.05, 0.1) is 12.2 Å². The zero-order valence-electron chi connectivity index (χ0n) is 16.0. The molecule has 27 heavy (non-hydrogen) atoms. The number of para-hydroxylation sites is 1. The molecular weight excluding hydrogens is 353 g/mol. The van der Waals surface area contributed by atoms with Crippen molar-refractivity contribution in [3.63, 3.8) is 0 Å². The zero-order valence-corrected chi connectivity index (χ0v) is 16.0. The molecule has 1 aromatic carbocycles. The Hall–Kier alpha value is -2.64. The number of amides is 1. The van der Waals surface area contributed by atoms with Gasteiger partial charge in [-0.1, -0.05) is 11.2 Å². The zero-order chi connectivity index (χ0) is 19.6. The van der Waals surface area contributed by atoms with Crippen molar-refractivity contribution in [3.8, 4) is 17.1 Å². The van der Waals surface area contributed by atoms with E-state index in [2.05, 4.69) is 10.1 Å². The number of halogens is 1. The standard InChI is InChI=1S/C19H24FN3O4/c1-5-25-15-12(8-6-9-13(15)20)16-21-17(27-22-16)14-10-7-11-23(14)18(24)26-19(2,3)4/h6,8-9,14H,5,7,10-11H2,1-4H3/t14-/m0/s1. The first-order chi connectivity index (χ1) is 12.8. The third kappa shape index (κ3) is 4.20. The molecule has 0 spiro atoms. The maximum Gasteiger partial charge on any atom is 0.410 e. The highest BCUT2D eigenvalue weighted by atomic mass is 19.1. The lowest BCUT2D eigenvalue weighted by Crippen LogP contribution is -2.36. The van der Waals surface area contributed by atoms with Crippen molar-refractivity contribution in [3.05, 3.63) is 29.9 Å². The summed E-state index contributed by atoms with van der Waals surface area (Å²) < 4.78 is 30.3. The summed E-state index contributed by atoms with van der Waals surface area (Å²) in [6.07, 6.45) is 1.10. The number of carbonyl (C=O) groups is 1. The molecule has 0 radical (unpaired) electrons. The molecule has 0 aliphatic carbocycles. The highest BCUT2D eigenvalue weighted by Gasteiger charge is 2.36. The normalized spacial score (nSPS) is 17.2. The minimum absolute atomic E-state index is 0.0859. The summed E-state index contributed by atoms with van der Waals surface area (Å²) in [5, 5.41) is 3.97. The number of carbonyl (C=O) groups excluding carboxylic acids is 1. The average molecular weight is 377 g/mol. The maximum atomic E-state index is 14.1. The van der Waals surface area contributed by atoms with Crippen LogP contribution >= 0.6 is 0 Å². The Kier molecular flexibility index (Phi) is 5.34. The quantitative estimate of drug-likeness (QED) is 0.788. The summed E-state index contributed by atoms with van der Waals surface area (Å²) in [6.45, 7) is 8.10. The van der Waals surface area contributed by atoms with Gasteiger partial charge in [0.25, 0.3) is 0 Å². The van der Waals surface area contributed by atoms with Gasteiger partial charge in [0.2, 0.25) is 11.7 Å². The SMILES string of the molecule is CCOc1c(F)cccc1-c1noc([C@@H]2CCCN2C(=O)OC(C)(C)C)n1. The number of likely N-dealkylation sites (tertiary alicyclic amines) is 1. The van der Waals surface area contributed by atoms with Crippen LogP contribution in [0.15, 0.2) is 22.7 Å². The summed E-state index contributed by atoms with van der Waals surface area (Å²) in [6, 6.07) is 4.19. The first-order valence-electron chi connectivity index (χ1n) is 9.05. The molecule has 0 N–H and O–H groups in total. The van der Waals surface area contributed by atoms with Gasteiger partial charge in [-0.2, -0.15) is 4.98 Å². The van der Waals surface area contributed by atoms with E-state index >= 15 is 0 Å². The minimum atomic E-state index is -0.585. The number of aromatic nitrogens is 2. The second kappa shape index (κ2) is 7.54. The van der Waals surface area contributed by atoms with E-state index in [9.17, 15) is 9.18 Å². The lowest BCUT2D eigenvalue weighted by Gasteiger charge is -2.26. The van der Waals surface area contributed by atoms with Crippen LogP contribution in [-0.4, -0.2) is 39.9 Å². The van der Waals surface area contributed by atoms with Gasteiger partial charge in [0.1, 0.15) is 11.6 Å². The predicted molar refractivity (Wildman–Crippen MR) is 95.8 cm³/mol. The van der Waals surface area contributed by atoms with Crippen LogP contribution in [-0.2, 0) is 4.74 Å². The molecule has 1 aliphatic rings. The highest BCUT2D eigenvalue weighted by Crippen LogP contribution is 2.35. The molecule has 2 aromatic rings. The van der Waals surface area contributed by atoms with E-state index in [0.29, 0.717) is 31.0 Å². The first kappa shape index (κ1) is 19.1. The largest absolute Gasteiger partial charge is 0.490 e. The van der Waals surface area contributed by atoms with Gasteiger partial charge in [-0.15, -0.1) is 0 Å². The summed E-state index contributed by atoms with van der Waals surface area (Å²) in [4.78, 5) is 18.4. The van der Waals surface area contributed by atoms with Crippen LogP contribution in [0.25, 0.3) is 11.4 Å². The Labute approximate surface area is 157 Å². The summed E-state index contributed by atoms with van der Waals surface area (Å²) >= 11 is 0. The van der Waals surface area contributed by atoms with Crippen LogP contribution in [0, 0.1) is 5.82 Å². The molecule has 8 heteroatoms. The molecule has 3 rings (SSSR count). The fourth-order valence-electron chi connectivity index (χ4n) is 3.02. The van der Waals surface area contributed by atoms with Gasteiger partial charge in [-0.05, 0) is 52.7 Å². The number of ether oxygens (including phenoxy) is 2. The fourth-order valence-corrected chi connectivity index (χ4v) is 3.02. The molecule has 0 saturated carbocycles. The Balaban J connectivity index is 1.86. The second-order valence-electron chi connectivity index (χ2n) is 7.34. The number of hydrogen-bond donors (Lipinski definition) is 0. The van der Waals surface area contributed by atoms with E-state index in [4.69, 9.17) is 14.0 Å². The summed E-state index contributed by atoms with van der Waals surface area (Å²) in [5.74, 6) is 0.128. The van der Waals surface area contributed by atoms with Gasteiger partial charge < -0.3 is 14.0 Å². The molecule has 1 aliphatic heterocycles. The molecule has 146 valence electrons. The van der Waals surface area contributed by atoms with Crippen molar-refractivity contribution < 1.29 is 23.2 Å². The van der Waals surface area contributed by atoms with Crippen LogP contribution in [0.3, 0.4) is 0 Å². The van der Waals surface area contributed by atoms with Crippen LogP contribution < -0.4 is 4.74 Å². The molecule has 7 nitrogen and oxygen atoms in total. The molecule has 0 unspecified atom stereocenters. The fraction of sp³-hybridized carbons (Fsp3) is 0.526. The topological polar surface area (TPSA) is 77.7 Å². The van der Waals surface area contributed by atoms with Gasteiger partial charge in [0, 0.05) is 6.54 Å². The van der Waals surface area contributed by atoms with E-state index in [1.165, 1.54) is 6.07 Å². The van der Waals surface area contributed by atoms with E-state index in [-0.39, 0.29) is 17.6 Å². The molecule has 1 atom stereocenters. The van der Waals surface area contributed by atoms with Crippen molar-refractivity contribution in [2.75, 3.05) is 13.2 Å². The maximum absolute atomic E-state index is 14.1. The summed E-state index contributed by atoms with van der Waals surface area (Å²) in [5.41, 5.74) is -0.174. The molecule has 1 saturated heterocycles. The van der Waals surface area contributed by atoms with Crippen molar-refractivity contribution >= 4 is 6.09 Å². The van der Waals surface area contributed by atoms with Crippen molar-refractivity contribution in [1.29, 1.82) is 0 Å². The van der Waals surface area contributed by atoms with E-state index in [1.807, 2.05) is 20.8 Å². The van der Waals surface area contributed by atoms with Gasteiger partial charge in [-0.3, -0.25) is 4.90 Å². The highest BCUT2D eigenvalue weighted by molar-refractivity contribution is 5.69. The van der Waals surface area contributed by atoms with Crippen LogP contribution in [0.4, 0.5) is 9.18 Å². The molecule has 1 amide bonds. The van der Waals surface area contributed by atoms with Crippen LogP contribution in [0.5, 0.6) is 5.75 Å². The Morgan fingerprint density at radius 1 is 1.41 bits per heavy atom. The third-order valence-electron chi connectivity index (χ3n) is 4.10. The van der Waals surface area contributed by atoms with E-state index in [1.54, 1.807) is 24.0 Å². The van der Waals surface area contributed by atoms with Gasteiger partial charge in [-0.25, -0.2) is 9.18 Å². The van der Waals surface area contributed by atoms with Crippen molar-refractivity contribution in [2.45, 2.75) is 52.2 Å². The third-order valence-corrected chi connectivity index (χ3v) is 4.10.